The van der Waals surface area contributed by atoms with Gasteiger partial charge in [-0.15, -0.1) is 0 Å². The van der Waals surface area contributed by atoms with E-state index in [9.17, 15) is 0 Å². The predicted octanol–water partition coefficient (Wildman–Crippen LogP) is 3.27. The van der Waals surface area contributed by atoms with Crippen molar-refractivity contribution in [2.75, 3.05) is 13.1 Å². The molecule has 0 aromatic rings. The Morgan fingerprint density at radius 2 is 1.94 bits per heavy atom. The van der Waals surface area contributed by atoms with Gasteiger partial charge in [-0.2, -0.15) is 0 Å². The van der Waals surface area contributed by atoms with Crippen molar-refractivity contribution in [1.29, 1.82) is 0 Å². The number of hydrogen-bond acceptors (Lipinski definition) is 2. The standard InChI is InChI=1S/C16H32N2/c1-5-14(9-13-7-8-13)18-11-16(12(3)4)17-10-15(18)6-2/h12-17H,5-11H2,1-4H3. The third kappa shape index (κ3) is 3.48. The van der Waals surface area contributed by atoms with Crippen molar-refractivity contribution < 1.29 is 0 Å². The summed E-state index contributed by atoms with van der Waals surface area (Å²) in [6.45, 7) is 11.9. The van der Waals surface area contributed by atoms with Gasteiger partial charge in [-0.3, -0.25) is 4.90 Å². The van der Waals surface area contributed by atoms with E-state index in [1.54, 1.807) is 0 Å². The molecule has 0 bridgehead atoms. The molecule has 1 aliphatic carbocycles. The highest BCUT2D eigenvalue weighted by atomic mass is 15.3. The number of rotatable bonds is 6. The van der Waals surface area contributed by atoms with Crippen LogP contribution in [0.1, 0.15) is 59.8 Å². The van der Waals surface area contributed by atoms with Gasteiger partial charge in [0.1, 0.15) is 0 Å². The lowest BCUT2D eigenvalue weighted by Gasteiger charge is -2.45. The van der Waals surface area contributed by atoms with E-state index in [0.29, 0.717) is 6.04 Å². The normalized spacial score (nSPS) is 31.8. The van der Waals surface area contributed by atoms with Crippen LogP contribution in [0.5, 0.6) is 0 Å². The van der Waals surface area contributed by atoms with E-state index in [0.717, 1.165) is 23.9 Å². The molecule has 0 aromatic carbocycles. The summed E-state index contributed by atoms with van der Waals surface area (Å²) in [7, 11) is 0. The van der Waals surface area contributed by atoms with Crippen LogP contribution in [0.3, 0.4) is 0 Å². The highest BCUT2D eigenvalue weighted by Gasteiger charge is 2.35. The lowest BCUT2D eigenvalue weighted by Crippen LogP contribution is -2.60. The van der Waals surface area contributed by atoms with Crippen molar-refractivity contribution in [1.82, 2.24) is 10.2 Å². The van der Waals surface area contributed by atoms with Crippen LogP contribution in [0, 0.1) is 11.8 Å². The molecule has 0 amide bonds. The van der Waals surface area contributed by atoms with Crippen molar-refractivity contribution >= 4 is 0 Å². The molecule has 0 aromatic heterocycles. The summed E-state index contributed by atoms with van der Waals surface area (Å²) in [5.41, 5.74) is 0. The Balaban J connectivity index is 1.98. The molecule has 2 aliphatic rings. The molecule has 0 radical (unpaired) electrons. The summed E-state index contributed by atoms with van der Waals surface area (Å²) in [6.07, 6.45) is 7.06. The third-order valence-electron chi connectivity index (χ3n) is 5.01. The number of nitrogens with zero attached hydrogens (tertiary/aromatic N) is 1. The molecule has 2 heteroatoms. The summed E-state index contributed by atoms with van der Waals surface area (Å²) >= 11 is 0. The Morgan fingerprint density at radius 1 is 1.22 bits per heavy atom. The van der Waals surface area contributed by atoms with E-state index in [1.807, 2.05) is 0 Å². The fraction of sp³-hybridized carbons (Fsp3) is 1.00. The lowest BCUT2D eigenvalue weighted by molar-refractivity contribution is 0.0584. The second-order valence-corrected chi connectivity index (χ2v) is 6.76. The molecule has 2 rings (SSSR count). The van der Waals surface area contributed by atoms with Gasteiger partial charge < -0.3 is 5.32 Å². The van der Waals surface area contributed by atoms with Crippen molar-refractivity contribution in [3.8, 4) is 0 Å². The maximum Gasteiger partial charge on any atom is 0.0221 e. The maximum absolute atomic E-state index is 3.76. The summed E-state index contributed by atoms with van der Waals surface area (Å²) in [4.78, 5) is 2.85. The average Bonchev–Trinajstić information content (AvgIpc) is 3.19. The van der Waals surface area contributed by atoms with E-state index in [2.05, 4.69) is 37.9 Å². The monoisotopic (exact) mass is 252 g/mol. The highest BCUT2D eigenvalue weighted by Crippen LogP contribution is 2.36. The van der Waals surface area contributed by atoms with Crippen LogP contribution in [0.2, 0.25) is 0 Å². The van der Waals surface area contributed by atoms with Gasteiger partial charge in [0.2, 0.25) is 0 Å². The second kappa shape index (κ2) is 6.38. The lowest BCUT2D eigenvalue weighted by atomic mass is 9.94. The van der Waals surface area contributed by atoms with Crippen LogP contribution in [0.25, 0.3) is 0 Å². The third-order valence-corrected chi connectivity index (χ3v) is 5.01. The SMILES string of the molecule is CCC1CNC(C(C)C)CN1C(CC)CC1CC1. The summed E-state index contributed by atoms with van der Waals surface area (Å²) in [5.74, 6) is 1.81. The van der Waals surface area contributed by atoms with Crippen LogP contribution in [-0.4, -0.2) is 36.1 Å². The maximum atomic E-state index is 3.76. The zero-order valence-corrected chi connectivity index (χ0v) is 12.8. The first-order valence-electron chi connectivity index (χ1n) is 8.14. The quantitative estimate of drug-likeness (QED) is 0.780. The Kier molecular flexibility index (Phi) is 5.08. The van der Waals surface area contributed by atoms with Gasteiger partial charge in [-0.1, -0.05) is 40.5 Å². The van der Waals surface area contributed by atoms with Gasteiger partial charge in [0.05, 0.1) is 0 Å². The van der Waals surface area contributed by atoms with Gasteiger partial charge in [0, 0.05) is 31.2 Å². The van der Waals surface area contributed by atoms with E-state index in [1.165, 1.54) is 45.2 Å². The van der Waals surface area contributed by atoms with Crippen LogP contribution in [0.4, 0.5) is 0 Å². The van der Waals surface area contributed by atoms with Gasteiger partial charge in [0.15, 0.2) is 0 Å². The minimum Gasteiger partial charge on any atom is -0.311 e. The Labute approximate surface area is 114 Å². The minimum atomic E-state index is 0.695. The zero-order chi connectivity index (χ0) is 13.1. The fourth-order valence-electron chi connectivity index (χ4n) is 3.39. The van der Waals surface area contributed by atoms with Crippen molar-refractivity contribution in [2.24, 2.45) is 11.8 Å². The van der Waals surface area contributed by atoms with Crippen molar-refractivity contribution in [3.63, 3.8) is 0 Å². The molecular formula is C16H32N2. The summed E-state index contributed by atoms with van der Waals surface area (Å²) in [6, 6.07) is 2.30. The van der Waals surface area contributed by atoms with Gasteiger partial charge in [-0.25, -0.2) is 0 Å². The smallest absolute Gasteiger partial charge is 0.0221 e. The fourth-order valence-corrected chi connectivity index (χ4v) is 3.39. The molecular weight excluding hydrogens is 220 g/mol. The first kappa shape index (κ1) is 14.3. The van der Waals surface area contributed by atoms with Crippen LogP contribution < -0.4 is 5.32 Å². The number of nitrogens with one attached hydrogen (secondary N) is 1. The van der Waals surface area contributed by atoms with Crippen LogP contribution in [0.15, 0.2) is 0 Å². The minimum absolute atomic E-state index is 0.695. The average molecular weight is 252 g/mol. The van der Waals surface area contributed by atoms with E-state index in [4.69, 9.17) is 0 Å². The number of piperazine rings is 1. The second-order valence-electron chi connectivity index (χ2n) is 6.76. The predicted molar refractivity (Wildman–Crippen MR) is 78.8 cm³/mol. The van der Waals surface area contributed by atoms with E-state index >= 15 is 0 Å². The molecule has 0 spiro atoms. The molecule has 1 aliphatic heterocycles. The van der Waals surface area contributed by atoms with E-state index < -0.39 is 0 Å². The first-order valence-corrected chi connectivity index (χ1v) is 8.14. The zero-order valence-electron chi connectivity index (χ0n) is 12.8. The van der Waals surface area contributed by atoms with E-state index in [-0.39, 0.29) is 0 Å². The van der Waals surface area contributed by atoms with Gasteiger partial charge in [-0.05, 0) is 31.1 Å². The number of hydrogen-bond donors (Lipinski definition) is 1. The molecule has 18 heavy (non-hydrogen) atoms. The first-order chi connectivity index (χ1) is 8.65. The van der Waals surface area contributed by atoms with Crippen molar-refractivity contribution in [3.05, 3.63) is 0 Å². The Hall–Kier alpha value is -0.0800. The van der Waals surface area contributed by atoms with Crippen LogP contribution >= 0.6 is 0 Å². The molecule has 2 fully saturated rings. The molecule has 106 valence electrons. The molecule has 1 saturated heterocycles. The highest BCUT2D eigenvalue weighted by molar-refractivity contribution is 4.92. The summed E-state index contributed by atoms with van der Waals surface area (Å²) in [5, 5.41) is 3.76. The molecule has 3 unspecified atom stereocenters. The van der Waals surface area contributed by atoms with Crippen molar-refractivity contribution in [2.45, 2.75) is 77.9 Å². The summed E-state index contributed by atoms with van der Waals surface area (Å²) < 4.78 is 0. The van der Waals surface area contributed by atoms with Crippen LogP contribution in [-0.2, 0) is 0 Å². The molecule has 3 atom stereocenters. The Morgan fingerprint density at radius 3 is 2.44 bits per heavy atom. The van der Waals surface area contributed by atoms with Gasteiger partial charge in [0.25, 0.3) is 0 Å². The molecule has 1 heterocycles. The Bertz CT molecular complexity index is 247. The topological polar surface area (TPSA) is 15.3 Å². The molecule has 1 N–H and O–H groups in total. The largest absolute Gasteiger partial charge is 0.311 e. The molecule has 2 nitrogen and oxygen atoms in total. The van der Waals surface area contributed by atoms with Gasteiger partial charge >= 0.3 is 0 Å². The molecule has 1 saturated carbocycles.